The molecule has 0 N–H and O–H groups in total. The predicted molar refractivity (Wildman–Crippen MR) is 72.6 cm³/mol. The molecule has 0 bridgehead atoms. The van der Waals surface area contributed by atoms with E-state index in [0.717, 1.165) is 19.3 Å². The van der Waals surface area contributed by atoms with Crippen molar-refractivity contribution >= 4 is 18.8 Å². The topological polar surface area (TPSA) is 23.6 Å². The average molecular weight is 242 g/mol. The minimum atomic E-state index is -0.0840. The summed E-state index contributed by atoms with van der Waals surface area (Å²) in [5.74, 6) is 0. The van der Waals surface area contributed by atoms with Crippen LogP contribution in [-0.4, -0.2) is 34.9 Å². The molecule has 0 aromatic rings. The highest BCUT2D eigenvalue weighted by Crippen LogP contribution is 2.06. The van der Waals surface area contributed by atoms with Gasteiger partial charge >= 0.3 is 6.03 Å². The lowest BCUT2D eigenvalue weighted by Crippen LogP contribution is -2.39. The van der Waals surface area contributed by atoms with Crippen molar-refractivity contribution < 1.29 is 4.79 Å². The Bertz CT molecular complexity index is 221. The summed E-state index contributed by atoms with van der Waals surface area (Å²) in [6, 6.07) is -0.0840. The molecule has 2 amide bonds. The summed E-state index contributed by atoms with van der Waals surface area (Å²) in [7, 11) is 0. The van der Waals surface area contributed by atoms with Crippen molar-refractivity contribution in [2.24, 2.45) is 0 Å². The largest absolute Gasteiger partial charge is 0.330 e. The lowest BCUT2D eigenvalue weighted by molar-refractivity contribution is 0.191. The minimum absolute atomic E-state index is 0.0840. The number of carbonyl (C=O) groups excluding carboxylic acids is 1. The molecule has 0 aliphatic carbocycles. The summed E-state index contributed by atoms with van der Waals surface area (Å²) in [4.78, 5) is 13.5. The van der Waals surface area contributed by atoms with Crippen LogP contribution in [0.25, 0.3) is 0 Å². The highest BCUT2D eigenvalue weighted by molar-refractivity contribution is 7.78. The van der Waals surface area contributed by atoms with Crippen LogP contribution in [0.2, 0.25) is 0 Å². The van der Waals surface area contributed by atoms with E-state index in [9.17, 15) is 4.79 Å². The van der Waals surface area contributed by atoms with Crippen LogP contribution in [0.3, 0.4) is 0 Å². The molecule has 16 heavy (non-hydrogen) atoms. The first-order valence-electron chi connectivity index (χ1n) is 5.64. The third kappa shape index (κ3) is 5.85. The maximum Gasteiger partial charge on any atom is 0.330 e. The molecule has 0 saturated carbocycles. The molecular formula is C12H22N2OS. The van der Waals surface area contributed by atoms with Gasteiger partial charge in [0.1, 0.15) is 0 Å². The molecule has 0 unspecified atom stereocenters. The second-order valence-corrected chi connectivity index (χ2v) is 4.08. The van der Waals surface area contributed by atoms with Crippen molar-refractivity contribution in [2.45, 2.75) is 26.2 Å². The predicted octanol–water partition coefficient (Wildman–Crippen LogP) is 3.12. The summed E-state index contributed by atoms with van der Waals surface area (Å²) in [5.41, 5.74) is 0. The fourth-order valence-corrected chi connectivity index (χ4v) is 1.58. The van der Waals surface area contributed by atoms with Gasteiger partial charge in [0.25, 0.3) is 0 Å². The third-order valence-corrected chi connectivity index (χ3v) is 2.53. The van der Waals surface area contributed by atoms with E-state index in [4.69, 9.17) is 0 Å². The maximum atomic E-state index is 11.9. The summed E-state index contributed by atoms with van der Waals surface area (Å²) in [5, 5.41) is 0. The van der Waals surface area contributed by atoms with Gasteiger partial charge in [0.15, 0.2) is 0 Å². The smallest absolute Gasteiger partial charge is 0.317 e. The molecule has 3 nitrogen and oxygen atoms in total. The van der Waals surface area contributed by atoms with Crippen LogP contribution < -0.4 is 0 Å². The fourth-order valence-electron chi connectivity index (χ4n) is 1.31. The first kappa shape index (κ1) is 15.1. The zero-order chi connectivity index (χ0) is 12.4. The molecular weight excluding hydrogens is 220 g/mol. The van der Waals surface area contributed by atoms with Crippen molar-refractivity contribution in [1.82, 2.24) is 9.21 Å². The SMILES string of the molecule is C=CCN(CC=C)C(=O)N(S)CCCCC. The van der Waals surface area contributed by atoms with Crippen LogP contribution in [0, 0.1) is 0 Å². The standard InChI is InChI=1S/C12H22N2OS/c1-4-7-8-11-14(16)12(15)13(9-5-2)10-6-3/h5-6,16H,2-4,7-11H2,1H3. The van der Waals surface area contributed by atoms with E-state index in [0.29, 0.717) is 19.6 Å². The van der Waals surface area contributed by atoms with Crippen LogP contribution in [0.4, 0.5) is 4.79 Å². The van der Waals surface area contributed by atoms with E-state index in [2.05, 4.69) is 32.9 Å². The molecule has 0 spiro atoms. The number of rotatable bonds is 8. The molecule has 0 aliphatic heterocycles. The molecule has 0 saturated heterocycles. The van der Waals surface area contributed by atoms with Crippen LogP contribution >= 0.6 is 12.8 Å². The van der Waals surface area contributed by atoms with Gasteiger partial charge in [-0.05, 0) is 6.42 Å². The quantitative estimate of drug-likeness (QED) is 0.394. The van der Waals surface area contributed by atoms with Gasteiger partial charge in [-0.3, -0.25) is 4.31 Å². The highest BCUT2D eigenvalue weighted by atomic mass is 32.1. The normalized spacial score (nSPS) is 9.62. The van der Waals surface area contributed by atoms with Gasteiger partial charge < -0.3 is 4.90 Å². The van der Waals surface area contributed by atoms with Gasteiger partial charge in [-0.15, -0.1) is 13.2 Å². The van der Waals surface area contributed by atoms with E-state index in [-0.39, 0.29) is 6.03 Å². The Morgan fingerprint density at radius 2 is 1.81 bits per heavy atom. The van der Waals surface area contributed by atoms with Gasteiger partial charge in [0, 0.05) is 19.6 Å². The third-order valence-electron chi connectivity index (χ3n) is 2.16. The lowest BCUT2D eigenvalue weighted by atomic mass is 10.2. The molecule has 4 heteroatoms. The molecule has 0 atom stereocenters. The van der Waals surface area contributed by atoms with Gasteiger partial charge in [0.2, 0.25) is 0 Å². The van der Waals surface area contributed by atoms with Gasteiger partial charge in [-0.25, -0.2) is 4.79 Å². The van der Waals surface area contributed by atoms with E-state index >= 15 is 0 Å². The van der Waals surface area contributed by atoms with Crippen molar-refractivity contribution in [2.75, 3.05) is 19.6 Å². The maximum absolute atomic E-state index is 11.9. The fraction of sp³-hybridized carbons (Fsp3) is 0.583. The molecule has 0 aromatic heterocycles. The Labute approximate surface area is 104 Å². The van der Waals surface area contributed by atoms with Crippen molar-refractivity contribution in [3.63, 3.8) is 0 Å². The van der Waals surface area contributed by atoms with Gasteiger partial charge in [0.05, 0.1) is 0 Å². The van der Waals surface area contributed by atoms with Crippen molar-refractivity contribution in [3.05, 3.63) is 25.3 Å². The van der Waals surface area contributed by atoms with E-state index in [1.54, 1.807) is 17.1 Å². The Balaban J connectivity index is 4.13. The van der Waals surface area contributed by atoms with Crippen LogP contribution in [0.5, 0.6) is 0 Å². The first-order valence-corrected chi connectivity index (χ1v) is 6.04. The Morgan fingerprint density at radius 3 is 2.25 bits per heavy atom. The number of amides is 2. The summed E-state index contributed by atoms with van der Waals surface area (Å²) in [6.45, 7) is 11.1. The molecule has 92 valence electrons. The molecule has 0 rings (SSSR count). The number of urea groups is 1. The molecule has 0 heterocycles. The number of unbranched alkanes of at least 4 members (excludes halogenated alkanes) is 2. The van der Waals surface area contributed by atoms with Gasteiger partial charge in [-0.1, -0.05) is 44.7 Å². The zero-order valence-corrected chi connectivity index (χ0v) is 11.0. The monoisotopic (exact) mass is 242 g/mol. The number of hydrogen-bond donors (Lipinski definition) is 1. The Kier molecular flexibility index (Phi) is 8.81. The van der Waals surface area contributed by atoms with E-state index in [1.807, 2.05) is 0 Å². The number of carbonyl (C=O) groups is 1. The first-order chi connectivity index (χ1) is 7.67. The molecule has 0 aliphatic rings. The lowest BCUT2D eigenvalue weighted by Gasteiger charge is -2.25. The molecule has 0 radical (unpaired) electrons. The van der Waals surface area contributed by atoms with Crippen LogP contribution in [0.15, 0.2) is 25.3 Å². The molecule has 0 aromatic carbocycles. The summed E-state index contributed by atoms with van der Waals surface area (Å²) in [6.07, 6.45) is 6.65. The minimum Gasteiger partial charge on any atom is -0.317 e. The average Bonchev–Trinajstić information content (AvgIpc) is 2.28. The Morgan fingerprint density at radius 1 is 1.25 bits per heavy atom. The number of nitrogens with zero attached hydrogens (tertiary/aromatic N) is 2. The zero-order valence-electron chi connectivity index (χ0n) is 10.1. The van der Waals surface area contributed by atoms with Crippen molar-refractivity contribution in [1.29, 1.82) is 0 Å². The summed E-state index contributed by atoms with van der Waals surface area (Å²) < 4.78 is 1.46. The van der Waals surface area contributed by atoms with E-state index in [1.165, 1.54) is 4.31 Å². The highest BCUT2D eigenvalue weighted by Gasteiger charge is 2.15. The Hall–Kier alpha value is -0.900. The number of hydrogen-bond acceptors (Lipinski definition) is 2. The van der Waals surface area contributed by atoms with Crippen LogP contribution in [0.1, 0.15) is 26.2 Å². The van der Waals surface area contributed by atoms with Crippen LogP contribution in [-0.2, 0) is 0 Å². The van der Waals surface area contributed by atoms with Crippen molar-refractivity contribution in [3.8, 4) is 0 Å². The summed E-state index contributed by atoms with van der Waals surface area (Å²) >= 11 is 4.20. The molecule has 0 fully saturated rings. The van der Waals surface area contributed by atoms with Gasteiger partial charge in [-0.2, -0.15) is 0 Å². The number of thiol groups is 1. The second-order valence-electron chi connectivity index (χ2n) is 3.60. The van der Waals surface area contributed by atoms with E-state index < -0.39 is 0 Å². The second kappa shape index (κ2) is 9.33.